The molecule has 1 aliphatic rings. The van der Waals surface area contributed by atoms with Gasteiger partial charge in [0.1, 0.15) is 5.75 Å². The van der Waals surface area contributed by atoms with Gasteiger partial charge in [-0.05, 0) is 61.1 Å². The molecule has 7 nitrogen and oxygen atoms in total. The number of aromatic nitrogens is 3. The molecule has 34 heavy (non-hydrogen) atoms. The summed E-state index contributed by atoms with van der Waals surface area (Å²) in [5.74, 6) is 1.82. The van der Waals surface area contributed by atoms with Crippen LogP contribution in [0.5, 0.6) is 11.6 Å². The zero-order valence-corrected chi connectivity index (χ0v) is 21.0. The molecular weight excluding hydrogens is 472 g/mol. The molecule has 0 radical (unpaired) electrons. The molecule has 9 heteroatoms. The highest BCUT2D eigenvalue weighted by atomic mass is 35.5. The van der Waals surface area contributed by atoms with Gasteiger partial charge in [0, 0.05) is 22.6 Å². The van der Waals surface area contributed by atoms with Crippen LogP contribution in [-0.4, -0.2) is 33.4 Å². The van der Waals surface area contributed by atoms with Gasteiger partial charge < -0.3 is 9.47 Å². The number of carbonyl (C=O) groups is 1. The predicted molar refractivity (Wildman–Crippen MR) is 135 cm³/mol. The summed E-state index contributed by atoms with van der Waals surface area (Å²) in [5, 5.41) is 9.72. The summed E-state index contributed by atoms with van der Waals surface area (Å²) in [6.45, 7) is 6.70. The Kier molecular flexibility index (Phi) is 7.90. The van der Waals surface area contributed by atoms with Crippen molar-refractivity contribution in [2.24, 2.45) is 0 Å². The Morgan fingerprint density at radius 3 is 2.62 bits per heavy atom. The number of thioether (sulfide) groups is 1. The maximum absolute atomic E-state index is 13.4. The van der Waals surface area contributed by atoms with Crippen LogP contribution >= 0.6 is 23.4 Å². The van der Waals surface area contributed by atoms with Gasteiger partial charge in [0.2, 0.25) is 23.2 Å². The Balaban J connectivity index is 1.87. The smallest absolute Gasteiger partial charge is 0.247 e. The van der Waals surface area contributed by atoms with Gasteiger partial charge >= 0.3 is 0 Å². The van der Waals surface area contributed by atoms with Crippen molar-refractivity contribution in [1.82, 2.24) is 15.2 Å². The average molecular weight is 499 g/mol. The van der Waals surface area contributed by atoms with Crippen LogP contribution in [0.25, 0.3) is 11.3 Å². The minimum absolute atomic E-state index is 0.0636. The average Bonchev–Trinajstić information content (AvgIpc) is 2.97. The first-order chi connectivity index (χ1) is 16.5. The third-order valence-electron chi connectivity index (χ3n) is 5.21. The minimum Gasteiger partial charge on any atom is -0.494 e. The van der Waals surface area contributed by atoms with E-state index in [4.69, 9.17) is 21.1 Å². The molecule has 3 aromatic rings. The van der Waals surface area contributed by atoms with E-state index in [2.05, 4.69) is 22.1 Å². The van der Waals surface area contributed by atoms with Gasteiger partial charge in [-0.15, -0.1) is 10.2 Å². The molecule has 1 aromatic heterocycles. The van der Waals surface area contributed by atoms with E-state index in [1.54, 1.807) is 17.0 Å². The lowest BCUT2D eigenvalue weighted by Gasteiger charge is -2.31. The highest BCUT2D eigenvalue weighted by molar-refractivity contribution is 7.99. The molecule has 4 rings (SSSR count). The van der Waals surface area contributed by atoms with Gasteiger partial charge in [-0.2, -0.15) is 4.98 Å². The topological polar surface area (TPSA) is 77.4 Å². The number of carbonyl (C=O) groups excluding carboxylic acids is 1. The van der Waals surface area contributed by atoms with Crippen molar-refractivity contribution in [1.29, 1.82) is 0 Å². The molecule has 178 valence electrons. The van der Waals surface area contributed by atoms with E-state index >= 15 is 0 Å². The highest BCUT2D eigenvalue weighted by Crippen LogP contribution is 2.44. The number of hydrogen-bond donors (Lipinski definition) is 0. The van der Waals surface area contributed by atoms with Crippen LogP contribution in [0.2, 0.25) is 5.02 Å². The summed E-state index contributed by atoms with van der Waals surface area (Å²) in [4.78, 5) is 19.7. The van der Waals surface area contributed by atoms with E-state index < -0.39 is 6.23 Å². The zero-order chi connectivity index (χ0) is 24.1. The first kappa shape index (κ1) is 24.3. The Morgan fingerprint density at radius 2 is 1.91 bits per heavy atom. The first-order valence-electron chi connectivity index (χ1n) is 11.4. The molecule has 1 unspecified atom stereocenters. The standard InChI is InChI=1S/C25H27ClN4O3S/c1-4-7-21(31)30-20-13-10-17(26)15-19(20)22-23(27-25(29-28-22)34-6-3)33-24(30)16-8-11-18(12-9-16)32-14-5-2/h8-13,15,24H,4-7,14H2,1-3H3. The zero-order valence-electron chi connectivity index (χ0n) is 19.5. The van der Waals surface area contributed by atoms with Crippen LogP contribution in [0.1, 0.15) is 51.8 Å². The van der Waals surface area contributed by atoms with Gasteiger partial charge in [-0.1, -0.05) is 44.1 Å². The highest BCUT2D eigenvalue weighted by Gasteiger charge is 2.35. The molecule has 2 aromatic carbocycles. The van der Waals surface area contributed by atoms with Gasteiger partial charge in [0.15, 0.2) is 5.69 Å². The van der Waals surface area contributed by atoms with Crippen molar-refractivity contribution in [2.45, 2.75) is 51.4 Å². The summed E-state index contributed by atoms with van der Waals surface area (Å²) >= 11 is 7.82. The fourth-order valence-corrected chi connectivity index (χ4v) is 4.37. The number of amides is 1. The molecule has 2 heterocycles. The third-order valence-corrected chi connectivity index (χ3v) is 6.17. The van der Waals surface area contributed by atoms with E-state index in [1.165, 1.54) is 11.8 Å². The number of anilines is 1. The minimum atomic E-state index is -0.739. The van der Waals surface area contributed by atoms with Crippen molar-refractivity contribution in [2.75, 3.05) is 17.3 Å². The fraction of sp³-hybridized carbons (Fsp3) is 0.360. The normalized spacial score (nSPS) is 14.6. The summed E-state index contributed by atoms with van der Waals surface area (Å²) in [7, 11) is 0. The molecule has 0 spiro atoms. The van der Waals surface area contributed by atoms with E-state index in [0.717, 1.165) is 23.5 Å². The summed E-state index contributed by atoms with van der Waals surface area (Å²) in [5.41, 5.74) is 2.57. The molecule has 0 bridgehead atoms. The molecular formula is C25H27ClN4O3S. The number of hydrogen-bond acceptors (Lipinski definition) is 7. The van der Waals surface area contributed by atoms with E-state index in [-0.39, 0.29) is 5.91 Å². The number of benzene rings is 2. The Labute approximate surface area is 208 Å². The van der Waals surface area contributed by atoms with Crippen molar-refractivity contribution < 1.29 is 14.3 Å². The van der Waals surface area contributed by atoms with Crippen molar-refractivity contribution in [3.05, 3.63) is 53.1 Å². The number of ether oxygens (including phenoxy) is 2. The van der Waals surface area contributed by atoms with Crippen LogP contribution in [-0.2, 0) is 4.79 Å². The van der Waals surface area contributed by atoms with E-state index in [0.29, 0.717) is 52.5 Å². The predicted octanol–water partition coefficient (Wildman–Crippen LogP) is 6.32. The second-order valence-electron chi connectivity index (χ2n) is 7.74. The molecule has 1 amide bonds. The monoisotopic (exact) mass is 498 g/mol. The van der Waals surface area contributed by atoms with E-state index in [9.17, 15) is 4.79 Å². The lowest BCUT2D eigenvalue weighted by Crippen LogP contribution is -2.37. The third kappa shape index (κ3) is 5.13. The van der Waals surface area contributed by atoms with Crippen LogP contribution in [0, 0.1) is 0 Å². The number of nitrogens with zero attached hydrogens (tertiary/aromatic N) is 4. The van der Waals surface area contributed by atoms with Crippen molar-refractivity contribution in [3.8, 4) is 22.9 Å². The first-order valence-corrected chi connectivity index (χ1v) is 12.8. The molecule has 0 aliphatic carbocycles. The molecule has 0 saturated heterocycles. The van der Waals surface area contributed by atoms with Crippen LogP contribution in [0.4, 0.5) is 5.69 Å². The quantitative estimate of drug-likeness (QED) is 0.336. The molecule has 0 saturated carbocycles. The van der Waals surface area contributed by atoms with Gasteiger partial charge in [-0.25, -0.2) is 0 Å². The Bertz CT molecular complexity index is 1160. The van der Waals surface area contributed by atoms with Gasteiger partial charge in [0.05, 0.1) is 12.3 Å². The van der Waals surface area contributed by atoms with Crippen LogP contribution < -0.4 is 14.4 Å². The van der Waals surface area contributed by atoms with Gasteiger partial charge in [-0.3, -0.25) is 9.69 Å². The second kappa shape index (κ2) is 11.1. The summed E-state index contributed by atoms with van der Waals surface area (Å²) < 4.78 is 12.2. The largest absolute Gasteiger partial charge is 0.494 e. The van der Waals surface area contributed by atoms with Crippen LogP contribution in [0.15, 0.2) is 47.6 Å². The molecule has 0 N–H and O–H groups in total. The lowest BCUT2D eigenvalue weighted by molar-refractivity contribution is -0.120. The molecule has 1 aliphatic heterocycles. The summed E-state index contributed by atoms with van der Waals surface area (Å²) in [6, 6.07) is 13.0. The second-order valence-corrected chi connectivity index (χ2v) is 9.41. The molecule has 1 atom stereocenters. The van der Waals surface area contributed by atoms with Crippen molar-refractivity contribution >= 4 is 35.0 Å². The lowest BCUT2D eigenvalue weighted by atomic mass is 10.1. The summed E-state index contributed by atoms with van der Waals surface area (Å²) in [6.07, 6.45) is 1.26. The number of fused-ring (bicyclic) bond motifs is 3. The fourth-order valence-electron chi connectivity index (χ4n) is 3.70. The van der Waals surface area contributed by atoms with Gasteiger partial charge in [0.25, 0.3) is 0 Å². The SMILES string of the molecule is CCCOc1ccc(C2Oc3nc(SCC)nnc3-c3cc(Cl)ccc3N2C(=O)CCC)cc1. The Morgan fingerprint density at radius 1 is 1.12 bits per heavy atom. The maximum Gasteiger partial charge on any atom is 0.247 e. The number of rotatable bonds is 8. The Hall–Kier alpha value is -2.84. The van der Waals surface area contributed by atoms with Crippen molar-refractivity contribution in [3.63, 3.8) is 0 Å². The van der Waals surface area contributed by atoms with Crippen LogP contribution in [0.3, 0.4) is 0 Å². The molecule has 0 fully saturated rings. The maximum atomic E-state index is 13.4. The number of halogens is 1. The van der Waals surface area contributed by atoms with E-state index in [1.807, 2.05) is 44.2 Å².